The van der Waals surface area contributed by atoms with Crippen LogP contribution in [0.3, 0.4) is 0 Å². The molecule has 0 aliphatic carbocycles. The Morgan fingerprint density at radius 3 is 2.00 bits per heavy atom. The zero-order valence-corrected chi connectivity index (χ0v) is 12.2. The molecule has 0 spiro atoms. The molecule has 106 valence electrons. The number of carbonyl (C=O) groups is 2. The van der Waals surface area contributed by atoms with E-state index in [0.717, 1.165) is 0 Å². The van der Waals surface area contributed by atoms with Crippen molar-refractivity contribution in [2.45, 2.75) is 53.1 Å². The van der Waals surface area contributed by atoms with Crippen molar-refractivity contribution in [2.75, 3.05) is 7.05 Å². The van der Waals surface area contributed by atoms with Crippen LogP contribution in [0.1, 0.15) is 41.0 Å². The monoisotopic (exact) mass is 258 g/mol. The fourth-order valence-corrected chi connectivity index (χ4v) is 1.58. The van der Waals surface area contributed by atoms with E-state index in [4.69, 9.17) is 5.11 Å². The first-order valence-electron chi connectivity index (χ1n) is 6.42. The van der Waals surface area contributed by atoms with Crippen LogP contribution in [0.25, 0.3) is 0 Å². The van der Waals surface area contributed by atoms with Crippen LogP contribution >= 0.6 is 0 Å². The van der Waals surface area contributed by atoms with Crippen LogP contribution in [0, 0.1) is 11.8 Å². The molecule has 0 aromatic carbocycles. The number of rotatable bonds is 6. The number of hydrogen-bond acceptors (Lipinski definition) is 2. The molecule has 2 N–H and O–H groups in total. The highest BCUT2D eigenvalue weighted by molar-refractivity contribution is 5.82. The Balaban J connectivity index is 4.55. The van der Waals surface area contributed by atoms with Crippen LogP contribution in [0.2, 0.25) is 0 Å². The minimum Gasteiger partial charge on any atom is -0.480 e. The van der Waals surface area contributed by atoms with Gasteiger partial charge < -0.3 is 15.3 Å². The molecular weight excluding hydrogens is 232 g/mol. The molecule has 0 saturated heterocycles. The van der Waals surface area contributed by atoms with Crippen molar-refractivity contribution < 1.29 is 14.7 Å². The average molecular weight is 258 g/mol. The molecule has 0 fully saturated rings. The Hall–Kier alpha value is -1.26. The summed E-state index contributed by atoms with van der Waals surface area (Å²) in [7, 11) is 1.69. The third kappa shape index (κ3) is 5.38. The highest BCUT2D eigenvalue weighted by Crippen LogP contribution is 2.10. The van der Waals surface area contributed by atoms with Gasteiger partial charge in [-0.15, -0.1) is 0 Å². The molecule has 0 aliphatic heterocycles. The fraction of sp³-hybridized carbons (Fsp3) is 0.846. The van der Waals surface area contributed by atoms with Gasteiger partial charge in [0.25, 0.3) is 0 Å². The van der Waals surface area contributed by atoms with Gasteiger partial charge in [-0.3, -0.25) is 0 Å². The Labute approximate surface area is 110 Å². The van der Waals surface area contributed by atoms with Crippen LogP contribution in [0.5, 0.6) is 0 Å². The molecule has 2 atom stereocenters. The molecule has 0 bridgehead atoms. The van der Waals surface area contributed by atoms with Crippen LogP contribution in [0.4, 0.5) is 4.79 Å². The van der Waals surface area contributed by atoms with Crippen LogP contribution in [-0.2, 0) is 4.79 Å². The van der Waals surface area contributed by atoms with Crippen molar-refractivity contribution in [3.63, 3.8) is 0 Å². The van der Waals surface area contributed by atoms with E-state index < -0.39 is 12.0 Å². The summed E-state index contributed by atoms with van der Waals surface area (Å²) in [5.41, 5.74) is 0. The van der Waals surface area contributed by atoms with Gasteiger partial charge in [0.1, 0.15) is 6.04 Å². The van der Waals surface area contributed by atoms with Gasteiger partial charge in [0.05, 0.1) is 0 Å². The number of nitrogens with one attached hydrogen (secondary N) is 1. The molecular formula is C13H26N2O3. The van der Waals surface area contributed by atoms with Gasteiger partial charge in [0, 0.05) is 13.1 Å². The molecule has 0 aromatic heterocycles. The standard InChI is InChI=1S/C13H26N2O3/c1-8(2)7-11(12(16)17)14-13(18)15(6)10(5)9(3)4/h8-11H,7H2,1-6H3,(H,14,18)(H,16,17). The van der Waals surface area contributed by atoms with Crippen molar-refractivity contribution in [1.82, 2.24) is 10.2 Å². The average Bonchev–Trinajstić information content (AvgIpc) is 2.24. The summed E-state index contributed by atoms with van der Waals surface area (Å²) in [4.78, 5) is 24.6. The maximum atomic E-state index is 11.9. The molecule has 2 amide bonds. The second kappa shape index (κ2) is 7.24. The van der Waals surface area contributed by atoms with E-state index in [1.807, 2.05) is 34.6 Å². The second-order valence-electron chi connectivity index (χ2n) is 5.57. The van der Waals surface area contributed by atoms with Gasteiger partial charge in [0.2, 0.25) is 0 Å². The Morgan fingerprint density at radius 1 is 1.17 bits per heavy atom. The van der Waals surface area contributed by atoms with E-state index in [0.29, 0.717) is 12.3 Å². The lowest BCUT2D eigenvalue weighted by atomic mass is 10.0. The minimum absolute atomic E-state index is 0.0681. The quantitative estimate of drug-likeness (QED) is 0.767. The van der Waals surface area contributed by atoms with Gasteiger partial charge in [-0.05, 0) is 25.2 Å². The van der Waals surface area contributed by atoms with Gasteiger partial charge >= 0.3 is 12.0 Å². The van der Waals surface area contributed by atoms with Crippen molar-refractivity contribution in [3.05, 3.63) is 0 Å². The number of amides is 2. The van der Waals surface area contributed by atoms with Crippen molar-refractivity contribution in [3.8, 4) is 0 Å². The summed E-state index contributed by atoms with van der Waals surface area (Å²) in [5, 5.41) is 11.6. The lowest BCUT2D eigenvalue weighted by molar-refractivity contribution is -0.139. The summed E-state index contributed by atoms with van der Waals surface area (Å²) in [6.45, 7) is 9.86. The lowest BCUT2D eigenvalue weighted by Gasteiger charge is -2.29. The van der Waals surface area contributed by atoms with Crippen molar-refractivity contribution in [1.29, 1.82) is 0 Å². The number of aliphatic carboxylic acids is 1. The van der Waals surface area contributed by atoms with E-state index in [1.165, 1.54) is 0 Å². The second-order valence-corrected chi connectivity index (χ2v) is 5.57. The van der Waals surface area contributed by atoms with Gasteiger partial charge in [-0.1, -0.05) is 27.7 Å². The third-order valence-electron chi connectivity index (χ3n) is 3.20. The van der Waals surface area contributed by atoms with E-state index in [9.17, 15) is 9.59 Å². The Kier molecular flexibility index (Phi) is 6.73. The predicted molar refractivity (Wildman–Crippen MR) is 71.5 cm³/mol. The summed E-state index contributed by atoms with van der Waals surface area (Å²) in [6.07, 6.45) is 0.435. The maximum absolute atomic E-state index is 11.9. The number of carboxylic acid groups (broad SMARTS) is 1. The first kappa shape index (κ1) is 16.7. The predicted octanol–water partition coefficient (Wildman–Crippen LogP) is 2.17. The molecule has 5 nitrogen and oxygen atoms in total. The first-order valence-corrected chi connectivity index (χ1v) is 6.42. The molecule has 0 heterocycles. The van der Waals surface area contributed by atoms with E-state index >= 15 is 0 Å². The molecule has 0 saturated carbocycles. The minimum atomic E-state index is -0.984. The van der Waals surface area contributed by atoms with E-state index in [-0.39, 0.29) is 18.0 Å². The number of carboxylic acids is 1. The zero-order valence-electron chi connectivity index (χ0n) is 12.2. The van der Waals surface area contributed by atoms with Crippen LogP contribution in [0.15, 0.2) is 0 Å². The lowest BCUT2D eigenvalue weighted by Crippen LogP contribution is -2.50. The molecule has 0 aromatic rings. The maximum Gasteiger partial charge on any atom is 0.326 e. The van der Waals surface area contributed by atoms with Gasteiger partial charge in [-0.2, -0.15) is 0 Å². The summed E-state index contributed by atoms with van der Waals surface area (Å²) >= 11 is 0. The number of nitrogens with zero attached hydrogens (tertiary/aromatic N) is 1. The van der Waals surface area contributed by atoms with Crippen molar-refractivity contribution >= 4 is 12.0 Å². The molecule has 0 rings (SSSR count). The number of carbonyl (C=O) groups excluding carboxylic acids is 1. The van der Waals surface area contributed by atoms with Crippen LogP contribution < -0.4 is 5.32 Å². The third-order valence-corrected chi connectivity index (χ3v) is 3.20. The Morgan fingerprint density at radius 2 is 1.67 bits per heavy atom. The molecule has 0 radical (unpaired) electrons. The highest BCUT2D eigenvalue weighted by atomic mass is 16.4. The van der Waals surface area contributed by atoms with Crippen molar-refractivity contribution in [2.24, 2.45) is 11.8 Å². The van der Waals surface area contributed by atoms with Gasteiger partial charge in [0.15, 0.2) is 0 Å². The Bertz CT molecular complexity index is 290. The number of urea groups is 1. The van der Waals surface area contributed by atoms with E-state index in [1.54, 1.807) is 11.9 Å². The van der Waals surface area contributed by atoms with Gasteiger partial charge in [-0.25, -0.2) is 9.59 Å². The molecule has 0 aliphatic rings. The molecule has 2 unspecified atom stereocenters. The van der Waals surface area contributed by atoms with E-state index in [2.05, 4.69) is 5.32 Å². The fourth-order valence-electron chi connectivity index (χ4n) is 1.58. The first-order chi connectivity index (χ1) is 8.16. The topological polar surface area (TPSA) is 69.6 Å². The largest absolute Gasteiger partial charge is 0.480 e. The SMILES string of the molecule is CC(C)CC(NC(=O)N(C)C(C)C(C)C)C(=O)O. The summed E-state index contributed by atoms with van der Waals surface area (Å²) in [6, 6.07) is -1.08. The smallest absolute Gasteiger partial charge is 0.326 e. The van der Waals surface area contributed by atoms with Crippen LogP contribution in [-0.4, -0.2) is 41.1 Å². The number of hydrogen-bond donors (Lipinski definition) is 2. The highest BCUT2D eigenvalue weighted by Gasteiger charge is 2.25. The summed E-state index contributed by atoms with van der Waals surface area (Å²) < 4.78 is 0. The molecule has 5 heteroatoms. The summed E-state index contributed by atoms with van der Waals surface area (Å²) in [5.74, 6) is -0.434. The zero-order chi connectivity index (χ0) is 14.5. The molecule has 18 heavy (non-hydrogen) atoms. The normalized spacial score (nSPS) is 14.4.